The van der Waals surface area contributed by atoms with E-state index in [0.29, 0.717) is 19.1 Å². The number of aliphatic hydroxyl groups excluding tert-OH is 1. The summed E-state index contributed by atoms with van der Waals surface area (Å²) in [7, 11) is 4.26. The van der Waals surface area contributed by atoms with Gasteiger partial charge in [-0.1, -0.05) is 12.1 Å². The molecule has 8 nitrogen and oxygen atoms in total. The highest BCUT2D eigenvalue weighted by molar-refractivity contribution is 6.00. The molecule has 8 heteroatoms. The van der Waals surface area contributed by atoms with Gasteiger partial charge in [0, 0.05) is 42.4 Å². The largest absolute Gasteiger partial charge is 0.374 e. The van der Waals surface area contributed by atoms with E-state index in [1.807, 2.05) is 12.1 Å². The van der Waals surface area contributed by atoms with Crippen molar-refractivity contribution in [2.75, 3.05) is 38.8 Å². The van der Waals surface area contributed by atoms with Crippen molar-refractivity contribution in [1.29, 1.82) is 0 Å². The smallest absolute Gasteiger partial charge is 0.244 e. The zero-order valence-corrected chi connectivity index (χ0v) is 17.1. The Labute approximate surface area is 171 Å². The average molecular weight is 402 g/mol. The molecule has 0 saturated carbocycles. The van der Waals surface area contributed by atoms with Gasteiger partial charge in [-0.15, -0.1) is 0 Å². The second-order valence-corrected chi connectivity index (χ2v) is 8.36. The number of hydrogen-bond donors (Lipinski definition) is 2. The second kappa shape index (κ2) is 8.39. The van der Waals surface area contributed by atoms with Crippen LogP contribution in [0.4, 0.5) is 5.69 Å². The van der Waals surface area contributed by atoms with Crippen LogP contribution in [-0.4, -0.2) is 72.7 Å². The van der Waals surface area contributed by atoms with E-state index in [9.17, 15) is 14.7 Å². The Hall–Kier alpha value is -2.00. The number of amides is 2. The Morgan fingerprint density at radius 1 is 1.17 bits per heavy atom. The fourth-order valence-corrected chi connectivity index (χ4v) is 4.67. The minimum Gasteiger partial charge on any atom is -0.374 e. The van der Waals surface area contributed by atoms with Gasteiger partial charge in [-0.3, -0.25) is 14.9 Å². The van der Waals surface area contributed by atoms with Gasteiger partial charge >= 0.3 is 0 Å². The quantitative estimate of drug-likeness (QED) is 0.724. The van der Waals surface area contributed by atoms with Crippen LogP contribution in [0.25, 0.3) is 0 Å². The van der Waals surface area contributed by atoms with Gasteiger partial charge in [-0.25, -0.2) is 4.90 Å². The molecule has 2 fully saturated rings. The minimum atomic E-state index is -0.948. The summed E-state index contributed by atoms with van der Waals surface area (Å²) in [5.41, 5.74) is 2.86. The number of aliphatic hydroxyl groups is 1. The van der Waals surface area contributed by atoms with Crippen LogP contribution in [-0.2, 0) is 20.9 Å². The fourth-order valence-electron chi connectivity index (χ4n) is 4.67. The lowest BCUT2D eigenvalue weighted by Gasteiger charge is -2.38. The van der Waals surface area contributed by atoms with Gasteiger partial charge in [0.1, 0.15) is 13.0 Å². The van der Waals surface area contributed by atoms with E-state index in [4.69, 9.17) is 4.74 Å². The van der Waals surface area contributed by atoms with E-state index in [2.05, 4.69) is 35.3 Å². The molecule has 3 aliphatic rings. The first-order valence-corrected chi connectivity index (χ1v) is 10.3. The molecule has 2 atom stereocenters. The summed E-state index contributed by atoms with van der Waals surface area (Å²) in [5.74, 6) is -0.630. The highest BCUT2D eigenvalue weighted by atomic mass is 16.5. The van der Waals surface area contributed by atoms with Crippen LogP contribution < -0.4 is 10.2 Å². The van der Waals surface area contributed by atoms with Crippen molar-refractivity contribution in [3.63, 3.8) is 0 Å². The molecule has 158 valence electrons. The third kappa shape index (κ3) is 4.02. The molecule has 0 aromatic heterocycles. The molecular formula is C21H30N4O4. The van der Waals surface area contributed by atoms with E-state index >= 15 is 0 Å². The van der Waals surface area contributed by atoms with Crippen LogP contribution in [0.1, 0.15) is 43.0 Å². The minimum absolute atomic E-state index is 0.143. The zero-order valence-electron chi connectivity index (χ0n) is 17.1. The number of nitrogens with zero attached hydrogens (tertiary/aromatic N) is 3. The molecule has 0 radical (unpaired) electrons. The molecule has 2 saturated heterocycles. The first-order chi connectivity index (χ1) is 14.0. The van der Waals surface area contributed by atoms with Crippen LogP contribution in [0.5, 0.6) is 0 Å². The number of carbonyl (C=O) groups is 2. The van der Waals surface area contributed by atoms with Crippen molar-refractivity contribution >= 4 is 17.5 Å². The number of piperidine rings is 2. The monoisotopic (exact) mass is 402 g/mol. The highest BCUT2D eigenvalue weighted by Gasteiger charge is 2.38. The van der Waals surface area contributed by atoms with E-state index in [-0.39, 0.29) is 25.0 Å². The van der Waals surface area contributed by atoms with Crippen molar-refractivity contribution in [3.05, 3.63) is 29.3 Å². The number of fused-ring (bicyclic) bond motifs is 1. The number of nitrogens with one attached hydrogen (secondary N) is 1. The molecule has 2 amide bonds. The maximum Gasteiger partial charge on any atom is 0.244 e. The van der Waals surface area contributed by atoms with E-state index in [1.165, 1.54) is 0 Å². The Morgan fingerprint density at radius 3 is 2.62 bits per heavy atom. The van der Waals surface area contributed by atoms with Crippen LogP contribution >= 0.6 is 0 Å². The first-order valence-electron chi connectivity index (χ1n) is 10.3. The molecule has 2 N–H and O–H groups in total. The maximum absolute atomic E-state index is 12.3. The first kappa shape index (κ1) is 20.3. The van der Waals surface area contributed by atoms with Gasteiger partial charge in [0.25, 0.3) is 0 Å². The third-order valence-corrected chi connectivity index (χ3v) is 6.41. The van der Waals surface area contributed by atoms with Crippen molar-refractivity contribution in [1.82, 2.24) is 15.1 Å². The summed E-state index contributed by atoms with van der Waals surface area (Å²) in [4.78, 5) is 30.1. The number of anilines is 1. The Kier molecular flexibility index (Phi) is 5.87. The summed E-state index contributed by atoms with van der Waals surface area (Å²) in [6.45, 7) is 2.46. The molecule has 29 heavy (non-hydrogen) atoms. The number of imide groups is 1. The number of rotatable bonds is 3. The van der Waals surface area contributed by atoms with E-state index in [1.54, 1.807) is 4.90 Å². The lowest BCUT2D eigenvalue weighted by atomic mass is 9.98. The predicted octanol–water partition coefficient (Wildman–Crippen LogP) is 0.803. The van der Waals surface area contributed by atoms with E-state index < -0.39 is 12.3 Å². The number of hydrogen-bond acceptors (Lipinski definition) is 7. The van der Waals surface area contributed by atoms with Crippen molar-refractivity contribution in [3.8, 4) is 0 Å². The molecule has 1 aromatic rings. The Bertz CT molecular complexity index is 776. The standard InChI is InChI=1S/C21H30N4O4/c1-23(2)14-8-10-24(11-9-14)17-5-3-4-15-16(17)12-29-13-25(21(15)28)18-6-7-19(26)22-20(18)27/h3-5,14,18,21,28H,6-13H2,1-2H3,(H,22,26,27)/t18?,21-/m0/s1. The van der Waals surface area contributed by atoms with Crippen LogP contribution in [0.2, 0.25) is 0 Å². The van der Waals surface area contributed by atoms with Crippen molar-refractivity contribution < 1.29 is 19.4 Å². The van der Waals surface area contributed by atoms with Crippen LogP contribution in [0.15, 0.2) is 18.2 Å². The average Bonchev–Trinajstić information content (AvgIpc) is 2.87. The molecule has 1 aromatic carbocycles. The van der Waals surface area contributed by atoms with Gasteiger partial charge < -0.3 is 19.6 Å². The van der Waals surface area contributed by atoms with Gasteiger partial charge in [0.2, 0.25) is 11.8 Å². The van der Waals surface area contributed by atoms with Crippen LogP contribution in [0.3, 0.4) is 0 Å². The van der Waals surface area contributed by atoms with Crippen molar-refractivity contribution in [2.24, 2.45) is 0 Å². The molecule has 4 rings (SSSR count). The molecule has 1 unspecified atom stereocenters. The van der Waals surface area contributed by atoms with Gasteiger partial charge in [0.05, 0.1) is 12.6 Å². The predicted molar refractivity (Wildman–Crippen MR) is 108 cm³/mol. The SMILES string of the molecule is CN(C)C1CCN(c2cccc3c2COCN(C2CCC(=O)NC2=O)[C@H]3O)CC1. The topological polar surface area (TPSA) is 85.4 Å². The lowest BCUT2D eigenvalue weighted by Crippen LogP contribution is -2.53. The highest BCUT2D eigenvalue weighted by Crippen LogP contribution is 2.35. The Balaban J connectivity index is 1.56. The summed E-state index contributed by atoms with van der Waals surface area (Å²) in [6.07, 6.45) is 1.91. The molecule has 0 spiro atoms. The summed E-state index contributed by atoms with van der Waals surface area (Å²) >= 11 is 0. The fraction of sp³-hybridized carbons (Fsp3) is 0.619. The maximum atomic E-state index is 12.3. The van der Waals surface area contributed by atoms with Gasteiger partial charge in [-0.2, -0.15) is 0 Å². The van der Waals surface area contributed by atoms with Gasteiger partial charge in [-0.05, 0) is 39.4 Å². The van der Waals surface area contributed by atoms with Crippen molar-refractivity contribution in [2.45, 2.75) is 50.6 Å². The molecule has 3 aliphatic heterocycles. The summed E-state index contributed by atoms with van der Waals surface area (Å²) in [6, 6.07) is 5.98. The number of carbonyl (C=O) groups excluding carboxylic acids is 2. The third-order valence-electron chi connectivity index (χ3n) is 6.41. The zero-order chi connectivity index (χ0) is 20.5. The molecule has 0 bridgehead atoms. The summed E-state index contributed by atoms with van der Waals surface area (Å²) < 4.78 is 5.89. The van der Waals surface area contributed by atoms with Crippen LogP contribution in [0, 0.1) is 0 Å². The number of benzene rings is 1. The number of ether oxygens (including phenoxy) is 1. The summed E-state index contributed by atoms with van der Waals surface area (Å²) in [5, 5.41) is 13.5. The normalized spacial score (nSPS) is 27.0. The second-order valence-electron chi connectivity index (χ2n) is 8.36. The molecule has 3 heterocycles. The molecule has 0 aliphatic carbocycles. The van der Waals surface area contributed by atoms with E-state index in [0.717, 1.165) is 42.7 Å². The lowest BCUT2D eigenvalue weighted by molar-refractivity contribution is -0.148. The van der Waals surface area contributed by atoms with Gasteiger partial charge in [0.15, 0.2) is 0 Å². The Morgan fingerprint density at radius 2 is 1.93 bits per heavy atom. The molecular weight excluding hydrogens is 372 g/mol.